The van der Waals surface area contributed by atoms with Crippen LogP contribution >= 0.6 is 0 Å². The van der Waals surface area contributed by atoms with Crippen molar-refractivity contribution >= 4 is 12.0 Å². The van der Waals surface area contributed by atoms with Crippen LogP contribution < -0.4 is 5.48 Å². The van der Waals surface area contributed by atoms with Crippen molar-refractivity contribution in [3.8, 4) is 0 Å². The molecule has 0 spiro atoms. The second-order valence-corrected chi connectivity index (χ2v) is 5.32. The van der Waals surface area contributed by atoms with Crippen molar-refractivity contribution in [3.05, 3.63) is 29.6 Å². The molecule has 0 aliphatic carbocycles. The smallest absolute Gasteiger partial charge is 0.407 e. The van der Waals surface area contributed by atoms with Gasteiger partial charge in [-0.3, -0.25) is 10.7 Å². The van der Waals surface area contributed by atoms with Crippen LogP contribution in [0.4, 0.5) is 4.79 Å². The molecule has 12 heteroatoms. The van der Waals surface area contributed by atoms with Crippen molar-refractivity contribution < 1.29 is 34.1 Å². The van der Waals surface area contributed by atoms with E-state index in [-0.39, 0.29) is 25.7 Å². The molecule has 3 unspecified atom stereocenters. The molecule has 3 N–H and O–H groups in total. The number of nitrogens with zero attached hydrogens (tertiary/aromatic N) is 3. The number of nitroso groups, excluding NO2 is 1. The Balaban J connectivity index is 0.00000143. The van der Waals surface area contributed by atoms with E-state index in [1.165, 1.54) is 14.0 Å². The zero-order valence-electron chi connectivity index (χ0n) is 17.1. The van der Waals surface area contributed by atoms with Gasteiger partial charge < -0.3 is 29.0 Å². The first-order chi connectivity index (χ1) is 13.9. The number of nitrogens with one attached hydrogen (secondary N) is 1. The number of amidine groups is 1. The molecule has 2 heterocycles. The summed E-state index contributed by atoms with van der Waals surface area (Å²) < 4.78 is 20.0. The topological polar surface area (TPSA) is 152 Å². The number of hydrogen-bond acceptors (Lipinski definition) is 12. The quantitative estimate of drug-likeness (QED) is 0.192. The van der Waals surface area contributed by atoms with Crippen molar-refractivity contribution in [1.29, 1.82) is 0 Å². The van der Waals surface area contributed by atoms with Gasteiger partial charge in [-0.25, -0.2) is 9.79 Å². The van der Waals surface area contributed by atoms with E-state index in [0.717, 1.165) is 12.8 Å². The maximum atomic E-state index is 11.0. The summed E-state index contributed by atoms with van der Waals surface area (Å²) in [5.74, 6) is 0.750. The normalized spacial score (nSPS) is 21.0. The fourth-order valence-electron chi connectivity index (χ4n) is 2.25. The molecule has 2 rings (SSSR count). The van der Waals surface area contributed by atoms with Crippen LogP contribution in [0.15, 0.2) is 34.8 Å². The van der Waals surface area contributed by atoms with E-state index in [1.54, 1.807) is 17.2 Å². The lowest BCUT2D eigenvalue weighted by molar-refractivity contribution is -0.115. The molecule has 0 bridgehead atoms. The van der Waals surface area contributed by atoms with Crippen LogP contribution in [0.25, 0.3) is 0 Å². The van der Waals surface area contributed by atoms with Gasteiger partial charge >= 0.3 is 6.16 Å². The Morgan fingerprint density at radius 2 is 2.17 bits per heavy atom. The summed E-state index contributed by atoms with van der Waals surface area (Å²) in [4.78, 5) is 25.4. The number of rotatable bonds is 6. The highest BCUT2D eigenvalue weighted by Gasteiger charge is 2.31. The Hall–Kier alpha value is -2.54. The largest absolute Gasteiger partial charge is 0.512 e. The molecular weight excluding hydrogens is 388 g/mol. The molecule has 0 saturated carbocycles. The van der Waals surface area contributed by atoms with E-state index in [0.29, 0.717) is 11.7 Å². The summed E-state index contributed by atoms with van der Waals surface area (Å²) in [6.45, 7) is 9.06. The summed E-state index contributed by atoms with van der Waals surface area (Å²) in [6.07, 6.45) is 2.21. The molecule has 0 aromatic heterocycles. The van der Waals surface area contributed by atoms with Crippen LogP contribution in [0, 0.1) is 4.91 Å². The van der Waals surface area contributed by atoms with Crippen LogP contribution in [-0.4, -0.2) is 66.3 Å². The van der Waals surface area contributed by atoms with Crippen molar-refractivity contribution in [1.82, 2.24) is 10.4 Å². The highest BCUT2D eigenvalue weighted by atomic mass is 16.8. The van der Waals surface area contributed by atoms with Gasteiger partial charge in [0.1, 0.15) is 12.0 Å². The van der Waals surface area contributed by atoms with Gasteiger partial charge in [0.15, 0.2) is 12.6 Å². The predicted octanol–water partition coefficient (Wildman–Crippen LogP) is 2.04. The summed E-state index contributed by atoms with van der Waals surface area (Å²) in [7, 11) is 1.19. The Labute approximate surface area is 169 Å². The van der Waals surface area contributed by atoms with Crippen LogP contribution in [-0.2, 0) is 18.9 Å². The molecular formula is C17H30N4O8. The summed E-state index contributed by atoms with van der Waals surface area (Å²) in [5.41, 5.74) is 1.96. The number of ether oxygens (including phenoxy) is 4. The summed E-state index contributed by atoms with van der Waals surface area (Å²) in [5, 5.41) is 19.9. The second kappa shape index (κ2) is 15.4. The molecule has 2 aliphatic heterocycles. The number of aliphatic hydroxyl groups excluding tert-OH is 1. The Morgan fingerprint density at radius 1 is 1.52 bits per heavy atom. The average molecular weight is 418 g/mol. The molecule has 2 aliphatic rings. The minimum absolute atomic E-state index is 0.158. The standard InChI is InChI=1S/C14H21N3O7.C2H6.CH3NO/c1-9-15-12(16-20)5-6-17(9)13-4-3-11(24-13)7-21-8-22-14(19)23-10(2)18;1-2;1-2-3/h5-6,10-11,13,18,20H,1,3-4,7-8H2,2H3,(H,15,16);1-2H3;1H3. The number of hydrogen-bond donors (Lipinski definition) is 3. The van der Waals surface area contributed by atoms with Crippen molar-refractivity contribution in [2.75, 3.05) is 20.4 Å². The first kappa shape index (κ1) is 26.5. The zero-order chi connectivity index (χ0) is 22.2. The zero-order valence-corrected chi connectivity index (χ0v) is 17.1. The first-order valence-electron chi connectivity index (χ1n) is 9.01. The third-order valence-corrected chi connectivity index (χ3v) is 3.28. The SMILES string of the molecule is C=C1N=C(NO)C=CN1C1CCC(COCOC(=O)OC(C)O)O1.CC.CN=O. The van der Waals surface area contributed by atoms with Gasteiger partial charge in [-0.05, 0) is 25.8 Å². The molecule has 0 aromatic rings. The fraction of sp³-hybridized carbons (Fsp3) is 0.647. The Morgan fingerprint density at radius 3 is 2.72 bits per heavy atom. The lowest BCUT2D eigenvalue weighted by atomic mass is 10.2. The molecule has 0 radical (unpaired) electrons. The molecule has 3 atom stereocenters. The van der Waals surface area contributed by atoms with Crippen LogP contribution in [0.2, 0.25) is 0 Å². The molecule has 1 saturated heterocycles. The van der Waals surface area contributed by atoms with Gasteiger partial charge in [-0.1, -0.05) is 25.6 Å². The van der Waals surface area contributed by atoms with E-state index in [9.17, 15) is 4.79 Å². The molecule has 29 heavy (non-hydrogen) atoms. The van der Waals surface area contributed by atoms with E-state index >= 15 is 0 Å². The Kier molecular flexibility index (Phi) is 14.0. The van der Waals surface area contributed by atoms with Gasteiger partial charge in [0.05, 0.1) is 19.8 Å². The number of carbonyl (C=O) groups is 1. The predicted molar refractivity (Wildman–Crippen MR) is 104 cm³/mol. The van der Waals surface area contributed by atoms with Gasteiger partial charge in [0.2, 0.25) is 6.29 Å². The highest BCUT2D eigenvalue weighted by Crippen LogP contribution is 2.27. The number of aliphatic hydroxyl groups is 1. The maximum Gasteiger partial charge on any atom is 0.512 e. The monoisotopic (exact) mass is 418 g/mol. The van der Waals surface area contributed by atoms with Crippen molar-refractivity contribution in [3.63, 3.8) is 0 Å². The third-order valence-electron chi connectivity index (χ3n) is 3.28. The number of carbonyl (C=O) groups excluding carboxylic acids is 1. The summed E-state index contributed by atoms with van der Waals surface area (Å²) in [6, 6.07) is 0. The number of aliphatic imine (C=N–C) groups is 1. The average Bonchev–Trinajstić information content (AvgIpc) is 3.15. The van der Waals surface area contributed by atoms with Gasteiger partial charge in [-0.2, -0.15) is 4.91 Å². The van der Waals surface area contributed by atoms with Crippen molar-refractivity contribution in [2.45, 2.75) is 52.2 Å². The maximum absolute atomic E-state index is 11.0. The summed E-state index contributed by atoms with van der Waals surface area (Å²) >= 11 is 0. The van der Waals surface area contributed by atoms with E-state index in [4.69, 9.17) is 24.7 Å². The van der Waals surface area contributed by atoms with E-state index in [1.807, 2.05) is 19.3 Å². The fourth-order valence-corrected chi connectivity index (χ4v) is 2.25. The van der Waals surface area contributed by atoms with Crippen LogP contribution in [0.5, 0.6) is 0 Å². The molecule has 0 amide bonds. The van der Waals surface area contributed by atoms with Gasteiger partial charge in [-0.15, -0.1) is 0 Å². The molecule has 0 aromatic carbocycles. The molecule has 12 nitrogen and oxygen atoms in total. The van der Waals surface area contributed by atoms with E-state index in [2.05, 4.69) is 26.2 Å². The lowest BCUT2D eigenvalue weighted by Gasteiger charge is -2.29. The minimum Gasteiger partial charge on any atom is -0.407 e. The van der Waals surface area contributed by atoms with Crippen molar-refractivity contribution in [2.24, 2.45) is 10.2 Å². The third kappa shape index (κ3) is 10.5. The van der Waals surface area contributed by atoms with Crippen LogP contribution in [0.3, 0.4) is 0 Å². The van der Waals surface area contributed by atoms with Crippen LogP contribution in [0.1, 0.15) is 33.6 Å². The molecule has 166 valence electrons. The number of hydroxylamine groups is 1. The highest BCUT2D eigenvalue weighted by molar-refractivity contribution is 5.93. The Bertz CT molecular complexity index is 568. The first-order valence-corrected chi connectivity index (χ1v) is 9.01. The minimum atomic E-state index is -1.23. The lowest BCUT2D eigenvalue weighted by Crippen LogP contribution is -2.34. The van der Waals surface area contributed by atoms with Gasteiger partial charge in [0.25, 0.3) is 0 Å². The van der Waals surface area contributed by atoms with E-state index < -0.39 is 12.4 Å². The van der Waals surface area contributed by atoms with Gasteiger partial charge in [0, 0.05) is 6.20 Å². The second-order valence-electron chi connectivity index (χ2n) is 5.32. The molecule has 1 fully saturated rings.